The summed E-state index contributed by atoms with van der Waals surface area (Å²) in [7, 11) is 0. The number of aliphatic imine (C=N–C) groups is 1. The molecule has 0 spiro atoms. The quantitative estimate of drug-likeness (QED) is 0.458. The van der Waals surface area contributed by atoms with E-state index in [0.717, 1.165) is 28.1 Å². The molecular weight excluding hydrogens is 364 g/mol. The third-order valence-electron chi connectivity index (χ3n) is 4.25. The molecule has 0 atom stereocenters. The largest absolute Gasteiger partial charge is 0.489 e. The van der Waals surface area contributed by atoms with E-state index in [1.807, 2.05) is 54.6 Å². The number of aromatic nitrogens is 1. The highest BCUT2D eigenvalue weighted by atomic mass is 16.5. The van der Waals surface area contributed by atoms with Gasteiger partial charge in [0.05, 0.1) is 11.4 Å². The predicted octanol–water partition coefficient (Wildman–Crippen LogP) is 3.19. The molecule has 7 nitrogen and oxygen atoms in total. The van der Waals surface area contributed by atoms with E-state index in [1.54, 1.807) is 12.3 Å². The van der Waals surface area contributed by atoms with Crippen molar-refractivity contribution in [1.82, 2.24) is 4.98 Å². The summed E-state index contributed by atoms with van der Waals surface area (Å²) in [4.78, 5) is 8.43. The van der Waals surface area contributed by atoms with Crippen molar-refractivity contribution in [3.8, 4) is 5.75 Å². The maximum Gasteiger partial charge on any atom is 0.149 e. The summed E-state index contributed by atoms with van der Waals surface area (Å²) in [5, 5.41) is 0. The third-order valence-corrected chi connectivity index (χ3v) is 4.25. The number of pyridine rings is 1. The van der Waals surface area contributed by atoms with Gasteiger partial charge in [0.25, 0.3) is 0 Å². The number of nitrogens with two attached hydrogens (primary N) is 4. The molecule has 2 aromatic carbocycles. The molecule has 0 aliphatic heterocycles. The fourth-order valence-corrected chi connectivity index (χ4v) is 2.72. The summed E-state index contributed by atoms with van der Waals surface area (Å²) in [5.74, 6) is 1.25. The molecule has 0 saturated heterocycles. The Morgan fingerprint density at radius 3 is 2.55 bits per heavy atom. The van der Waals surface area contributed by atoms with E-state index < -0.39 is 0 Å². The summed E-state index contributed by atoms with van der Waals surface area (Å²) in [6.07, 6.45) is 3.60. The van der Waals surface area contributed by atoms with Crippen LogP contribution in [0.3, 0.4) is 0 Å². The van der Waals surface area contributed by atoms with Crippen LogP contribution in [-0.2, 0) is 13.0 Å². The van der Waals surface area contributed by atoms with Crippen LogP contribution in [-0.4, -0.2) is 11.2 Å². The van der Waals surface area contributed by atoms with Crippen molar-refractivity contribution in [3.63, 3.8) is 0 Å². The fourth-order valence-electron chi connectivity index (χ4n) is 2.72. The Bertz CT molecular complexity index is 1030. The lowest BCUT2D eigenvalue weighted by Crippen LogP contribution is -2.07. The van der Waals surface area contributed by atoms with Crippen LogP contribution in [0.15, 0.2) is 77.4 Å². The number of anilines is 3. The lowest BCUT2D eigenvalue weighted by atomic mass is 10.1. The molecule has 7 heteroatoms. The van der Waals surface area contributed by atoms with Crippen LogP contribution in [0.4, 0.5) is 23.0 Å². The minimum Gasteiger partial charge on any atom is -0.489 e. The molecular formula is C22H24N6O. The van der Waals surface area contributed by atoms with E-state index in [1.165, 1.54) is 6.20 Å². The zero-order valence-electron chi connectivity index (χ0n) is 16.0. The molecule has 0 bridgehead atoms. The Morgan fingerprint density at radius 1 is 1.00 bits per heavy atom. The lowest BCUT2D eigenvalue weighted by Gasteiger charge is -2.09. The van der Waals surface area contributed by atoms with Gasteiger partial charge in [-0.1, -0.05) is 36.4 Å². The van der Waals surface area contributed by atoms with Crippen LogP contribution < -0.4 is 27.7 Å². The molecule has 29 heavy (non-hydrogen) atoms. The molecule has 0 unspecified atom stereocenters. The Balaban J connectivity index is 1.68. The van der Waals surface area contributed by atoms with Crippen LogP contribution in [0.1, 0.15) is 11.1 Å². The summed E-state index contributed by atoms with van der Waals surface area (Å²) in [6, 6.07) is 19.2. The number of nitrogen functional groups attached to an aromatic ring is 3. The average Bonchev–Trinajstić information content (AvgIpc) is 2.74. The smallest absolute Gasteiger partial charge is 0.149 e. The average molecular weight is 388 g/mol. The number of hydrogen-bond donors (Lipinski definition) is 4. The molecule has 0 amide bonds. The van der Waals surface area contributed by atoms with Crippen molar-refractivity contribution in [1.29, 1.82) is 0 Å². The predicted molar refractivity (Wildman–Crippen MR) is 119 cm³/mol. The number of allylic oxidation sites excluding steroid dienone is 1. The van der Waals surface area contributed by atoms with Crippen molar-refractivity contribution in [2.24, 2.45) is 10.7 Å². The summed E-state index contributed by atoms with van der Waals surface area (Å²) < 4.78 is 5.84. The maximum atomic E-state index is 5.99. The molecule has 1 heterocycles. The van der Waals surface area contributed by atoms with Gasteiger partial charge >= 0.3 is 0 Å². The van der Waals surface area contributed by atoms with Gasteiger partial charge in [0.15, 0.2) is 0 Å². The Morgan fingerprint density at radius 2 is 1.79 bits per heavy atom. The molecule has 148 valence electrons. The molecule has 0 aliphatic carbocycles. The van der Waals surface area contributed by atoms with E-state index >= 15 is 0 Å². The van der Waals surface area contributed by atoms with E-state index in [9.17, 15) is 0 Å². The Hall–Kier alpha value is -4.00. The zero-order chi connectivity index (χ0) is 20.6. The second kappa shape index (κ2) is 9.27. The molecule has 1 aromatic heterocycles. The van der Waals surface area contributed by atoms with E-state index in [0.29, 0.717) is 24.5 Å². The van der Waals surface area contributed by atoms with E-state index in [-0.39, 0.29) is 5.82 Å². The van der Waals surface area contributed by atoms with Gasteiger partial charge in [-0.05, 0) is 41.1 Å². The molecule has 3 aromatic rings. The number of benzene rings is 2. The first-order chi connectivity index (χ1) is 14.0. The van der Waals surface area contributed by atoms with E-state index in [2.05, 4.69) is 9.98 Å². The first kappa shape index (κ1) is 19.8. The SMILES string of the molecule is NC=C(C=Nc1cccc(OCc2ccccc2)c1)Cc1cc(N)nc(N)c1N. The highest BCUT2D eigenvalue weighted by Crippen LogP contribution is 2.24. The van der Waals surface area contributed by atoms with Gasteiger partial charge in [0.2, 0.25) is 0 Å². The fraction of sp³-hybridized carbons (Fsp3) is 0.0909. The monoisotopic (exact) mass is 388 g/mol. The van der Waals surface area contributed by atoms with E-state index in [4.69, 9.17) is 27.7 Å². The Labute approximate surface area is 169 Å². The number of rotatable bonds is 7. The lowest BCUT2D eigenvalue weighted by molar-refractivity contribution is 0.306. The second-order valence-electron chi connectivity index (χ2n) is 6.45. The van der Waals surface area contributed by atoms with Gasteiger partial charge in [-0.2, -0.15) is 0 Å². The van der Waals surface area contributed by atoms with Crippen LogP contribution in [0.2, 0.25) is 0 Å². The topological polar surface area (TPSA) is 139 Å². The standard InChI is InChI=1S/C22H24N6O/c23-12-16(9-17-10-20(24)28-22(26)21(17)25)13-27-18-7-4-8-19(11-18)29-14-15-5-2-1-3-6-15/h1-8,10-13H,9,14,23,25H2,(H4,24,26,28). The summed E-state index contributed by atoms with van der Waals surface area (Å²) in [5.41, 5.74) is 27.0. The minimum absolute atomic E-state index is 0.205. The van der Waals surface area contributed by atoms with Crippen molar-refractivity contribution in [2.45, 2.75) is 13.0 Å². The van der Waals surface area contributed by atoms with Crippen LogP contribution in [0, 0.1) is 0 Å². The molecule has 0 aliphatic rings. The van der Waals surface area contributed by atoms with Crippen LogP contribution in [0.5, 0.6) is 5.75 Å². The van der Waals surface area contributed by atoms with Crippen molar-refractivity contribution >= 4 is 29.2 Å². The van der Waals surface area contributed by atoms with Crippen LogP contribution >= 0.6 is 0 Å². The number of ether oxygens (including phenoxy) is 1. The third kappa shape index (κ3) is 5.49. The van der Waals surface area contributed by atoms with Gasteiger partial charge in [0, 0.05) is 18.7 Å². The second-order valence-corrected chi connectivity index (χ2v) is 6.45. The summed E-state index contributed by atoms with van der Waals surface area (Å²) in [6.45, 7) is 0.492. The molecule has 8 N–H and O–H groups in total. The van der Waals surface area contributed by atoms with Gasteiger partial charge in [-0.3, -0.25) is 4.99 Å². The van der Waals surface area contributed by atoms with Gasteiger partial charge < -0.3 is 27.7 Å². The van der Waals surface area contributed by atoms with Gasteiger partial charge in [-0.25, -0.2) is 4.98 Å². The van der Waals surface area contributed by atoms with Gasteiger partial charge in [0.1, 0.15) is 24.0 Å². The molecule has 0 radical (unpaired) electrons. The first-order valence-electron chi connectivity index (χ1n) is 9.07. The number of hydrogen-bond acceptors (Lipinski definition) is 7. The zero-order valence-corrected chi connectivity index (χ0v) is 16.0. The van der Waals surface area contributed by atoms with Crippen molar-refractivity contribution < 1.29 is 4.74 Å². The Kier molecular flexibility index (Phi) is 6.32. The normalized spacial score (nSPS) is 11.7. The molecule has 0 saturated carbocycles. The highest BCUT2D eigenvalue weighted by molar-refractivity contribution is 5.82. The van der Waals surface area contributed by atoms with Crippen LogP contribution in [0.25, 0.3) is 0 Å². The molecule has 0 fully saturated rings. The van der Waals surface area contributed by atoms with Crippen molar-refractivity contribution in [2.75, 3.05) is 17.2 Å². The van der Waals surface area contributed by atoms with Crippen molar-refractivity contribution in [3.05, 3.63) is 83.6 Å². The summed E-state index contributed by atoms with van der Waals surface area (Å²) >= 11 is 0. The first-order valence-corrected chi connectivity index (χ1v) is 9.07. The minimum atomic E-state index is 0.205. The maximum absolute atomic E-state index is 5.99. The molecule has 3 rings (SSSR count). The number of nitrogens with zero attached hydrogens (tertiary/aromatic N) is 2. The van der Waals surface area contributed by atoms with Gasteiger partial charge in [-0.15, -0.1) is 0 Å². The highest BCUT2D eigenvalue weighted by Gasteiger charge is 2.08.